The Balaban J connectivity index is 2.16. The molecule has 1 heterocycles. The lowest BCUT2D eigenvalue weighted by atomic mass is 9.89. The molecule has 0 saturated carbocycles. The lowest BCUT2D eigenvalue weighted by Crippen LogP contribution is -2.07. The van der Waals surface area contributed by atoms with Gasteiger partial charge in [0.1, 0.15) is 5.75 Å². The molecule has 1 aliphatic rings. The molecule has 0 bridgehead atoms. The van der Waals surface area contributed by atoms with E-state index < -0.39 is 0 Å². The Morgan fingerprint density at radius 2 is 1.94 bits per heavy atom. The number of aromatic nitrogens is 2. The minimum Gasteiger partial charge on any atom is -0.497 e. The Bertz CT molecular complexity index is 584. The van der Waals surface area contributed by atoms with Gasteiger partial charge in [-0.25, -0.2) is 0 Å². The maximum atomic E-state index is 5.86. The van der Waals surface area contributed by atoms with E-state index in [-0.39, 0.29) is 0 Å². The number of fused-ring (bicyclic) bond motifs is 3. The Morgan fingerprint density at radius 3 is 2.76 bits per heavy atom. The molecule has 0 N–H and O–H groups in total. The SMILES string of the molecule is COc1ccc2c(c1)CCc1cc(Cl)nnc1-2. The largest absolute Gasteiger partial charge is 0.497 e. The van der Waals surface area contributed by atoms with Crippen molar-refractivity contribution in [3.05, 3.63) is 40.5 Å². The van der Waals surface area contributed by atoms with Crippen molar-refractivity contribution in [1.29, 1.82) is 0 Å². The third-order valence-corrected chi connectivity index (χ3v) is 3.26. The van der Waals surface area contributed by atoms with Gasteiger partial charge >= 0.3 is 0 Å². The molecule has 0 amide bonds. The smallest absolute Gasteiger partial charge is 0.152 e. The van der Waals surface area contributed by atoms with E-state index in [0.29, 0.717) is 5.15 Å². The first-order valence-corrected chi connectivity index (χ1v) is 5.85. The highest BCUT2D eigenvalue weighted by molar-refractivity contribution is 6.29. The van der Waals surface area contributed by atoms with Gasteiger partial charge in [-0.3, -0.25) is 0 Å². The number of nitrogens with zero attached hydrogens (tertiary/aromatic N) is 2. The van der Waals surface area contributed by atoms with Gasteiger partial charge in [0.25, 0.3) is 0 Å². The van der Waals surface area contributed by atoms with Gasteiger partial charge in [-0.05, 0) is 48.2 Å². The van der Waals surface area contributed by atoms with E-state index in [1.54, 1.807) is 7.11 Å². The topological polar surface area (TPSA) is 35.0 Å². The van der Waals surface area contributed by atoms with Crippen LogP contribution in [0.1, 0.15) is 11.1 Å². The van der Waals surface area contributed by atoms with Crippen LogP contribution in [0.4, 0.5) is 0 Å². The van der Waals surface area contributed by atoms with Gasteiger partial charge in [0, 0.05) is 5.56 Å². The molecular weight excluding hydrogens is 236 g/mol. The van der Waals surface area contributed by atoms with Crippen LogP contribution in [-0.2, 0) is 12.8 Å². The summed E-state index contributed by atoms with van der Waals surface area (Å²) < 4.78 is 5.23. The van der Waals surface area contributed by atoms with Crippen LogP contribution in [-0.4, -0.2) is 17.3 Å². The zero-order chi connectivity index (χ0) is 11.8. The molecule has 0 aliphatic heterocycles. The van der Waals surface area contributed by atoms with Crippen molar-refractivity contribution in [2.75, 3.05) is 7.11 Å². The van der Waals surface area contributed by atoms with E-state index in [4.69, 9.17) is 16.3 Å². The summed E-state index contributed by atoms with van der Waals surface area (Å²) in [5.41, 5.74) is 4.51. The summed E-state index contributed by atoms with van der Waals surface area (Å²) in [7, 11) is 1.68. The van der Waals surface area contributed by atoms with Gasteiger partial charge in [-0.2, -0.15) is 0 Å². The number of hydrogen-bond donors (Lipinski definition) is 0. The average Bonchev–Trinajstić information content (AvgIpc) is 2.37. The fourth-order valence-corrected chi connectivity index (χ4v) is 2.39. The number of aryl methyl sites for hydroxylation is 2. The molecule has 0 fully saturated rings. The van der Waals surface area contributed by atoms with Gasteiger partial charge in [-0.15, -0.1) is 10.2 Å². The highest BCUT2D eigenvalue weighted by Gasteiger charge is 2.18. The average molecular weight is 247 g/mol. The van der Waals surface area contributed by atoms with E-state index in [9.17, 15) is 0 Å². The molecule has 4 heteroatoms. The van der Waals surface area contributed by atoms with E-state index in [2.05, 4.69) is 16.3 Å². The van der Waals surface area contributed by atoms with Gasteiger partial charge in [0.2, 0.25) is 0 Å². The predicted octanol–water partition coefficient (Wildman–Crippen LogP) is 2.90. The number of ether oxygens (including phenoxy) is 1. The van der Waals surface area contributed by atoms with E-state index in [1.807, 2.05) is 18.2 Å². The standard InChI is InChI=1S/C13H11ClN2O/c1-17-10-4-5-11-8(6-10)2-3-9-7-12(14)15-16-13(9)11/h4-7H,2-3H2,1H3. The first-order chi connectivity index (χ1) is 8.28. The van der Waals surface area contributed by atoms with Crippen molar-refractivity contribution in [2.45, 2.75) is 12.8 Å². The van der Waals surface area contributed by atoms with Crippen molar-refractivity contribution < 1.29 is 4.74 Å². The van der Waals surface area contributed by atoms with Crippen LogP contribution in [0.2, 0.25) is 5.15 Å². The molecule has 0 unspecified atom stereocenters. The minimum atomic E-state index is 0.459. The third kappa shape index (κ3) is 1.76. The number of rotatable bonds is 1. The van der Waals surface area contributed by atoms with Crippen molar-refractivity contribution in [3.8, 4) is 17.0 Å². The predicted molar refractivity (Wildman–Crippen MR) is 66.4 cm³/mol. The molecule has 1 aromatic carbocycles. The molecule has 0 saturated heterocycles. The molecule has 0 atom stereocenters. The van der Waals surface area contributed by atoms with Crippen molar-refractivity contribution in [2.24, 2.45) is 0 Å². The van der Waals surface area contributed by atoms with Crippen LogP contribution in [0.3, 0.4) is 0 Å². The fraction of sp³-hybridized carbons (Fsp3) is 0.231. The molecule has 86 valence electrons. The van der Waals surface area contributed by atoms with E-state index in [1.165, 1.54) is 11.1 Å². The van der Waals surface area contributed by atoms with Gasteiger partial charge in [0.05, 0.1) is 12.8 Å². The Hall–Kier alpha value is -1.61. The summed E-state index contributed by atoms with van der Waals surface area (Å²) in [4.78, 5) is 0. The van der Waals surface area contributed by atoms with Crippen LogP contribution in [0.25, 0.3) is 11.3 Å². The molecule has 0 spiro atoms. The van der Waals surface area contributed by atoms with Gasteiger partial charge < -0.3 is 4.74 Å². The monoisotopic (exact) mass is 246 g/mol. The molecule has 0 radical (unpaired) electrons. The van der Waals surface area contributed by atoms with Crippen LogP contribution in [0, 0.1) is 0 Å². The maximum absolute atomic E-state index is 5.86. The van der Waals surface area contributed by atoms with Crippen LogP contribution >= 0.6 is 11.6 Å². The lowest BCUT2D eigenvalue weighted by Gasteiger charge is -2.18. The number of benzene rings is 1. The second-order valence-electron chi connectivity index (χ2n) is 4.06. The summed E-state index contributed by atoms with van der Waals surface area (Å²) in [6, 6.07) is 7.95. The molecule has 3 nitrogen and oxygen atoms in total. The second kappa shape index (κ2) is 4.00. The molecule has 1 aliphatic carbocycles. The first-order valence-electron chi connectivity index (χ1n) is 5.47. The normalized spacial score (nSPS) is 12.8. The number of hydrogen-bond acceptors (Lipinski definition) is 3. The van der Waals surface area contributed by atoms with E-state index >= 15 is 0 Å². The van der Waals surface area contributed by atoms with Crippen molar-refractivity contribution >= 4 is 11.6 Å². The first kappa shape index (κ1) is 10.5. The summed E-state index contributed by atoms with van der Waals surface area (Å²) in [6.45, 7) is 0. The highest BCUT2D eigenvalue weighted by atomic mass is 35.5. The zero-order valence-electron chi connectivity index (χ0n) is 9.40. The molecule has 3 rings (SSSR count). The minimum absolute atomic E-state index is 0.459. The molecule has 2 aromatic rings. The summed E-state index contributed by atoms with van der Waals surface area (Å²) in [5, 5.41) is 8.57. The fourth-order valence-electron chi connectivity index (χ4n) is 2.22. The van der Waals surface area contributed by atoms with E-state index in [0.717, 1.165) is 29.8 Å². The summed E-state index contributed by atoms with van der Waals surface area (Å²) in [5.74, 6) is 0.883. The highest BCUT2D eigenvalue weighted by Crippen LogP contribution is 2.34. The van der Waals surface area contributed by atoms with Crippen LogP contribution in [0.5, 0.6) is 5.75 Å². The molecule has 17 heavy (non-hydrogen) atoms. The van der Waals surface area contributed by atoms with Gasteiger partial charge in [0.15, 0.2) is 5.15 Å². The molecule has 1 aromatic heterocycles. The maximum Gasteiger partial charge on any atom is 0.152 e. The quantitative estimate of drug-likeness (QED) is 0.776. The van der Waals surface area contributed by atoms with Crippen LogP contribution in [0.15, 0.2) is 24.3 Å². The van der Waals surface area contributed by atoms with Gasteiger partial charge in [-0.1, -0.05) is 11.6 Å². The number of methoxy groups -OCH3 is 1. The van der Waals surface area contributed by atoms with Crippen molar-refractivity contribution in [1.82, 2.24) is 10.2 Å². The molecular formula is C13H11ClN2O. The second-order valence-corrected chi connectivity index (χ2v) is 4.45. The Kier molecular flexibility index (Phi) is 2.48. The number of halogens is 1. The Morgan fingerprint density at radius 1 is 1.12 bits per heavy atom. The van der Waals surface area contributed by atoms with Crippen LogP contribution < -0.4 is 4.74 Å². The summed E-state index contributed by atoms with van der Waals surface area (Å²) in [6.07, 6.45) is 1.94. The Labute approximate surface area is 104 Å². The van der Waals surface area contributed by atoms with Crippen molar-refractivity contribution in [3.63, 3.8) is 0 Å². The zero-order valence-corrected chi connectivity index (χ0v) is 10.2. The summed E-state index contributed by atoms with van der Waals surface area (Å²) >= 11 is 5.86. The lowest BCUT2D eigenvalue weighted by molar-refractivity contribution is 0.414. The third-order valence-electron chi connectivity index (χ3n) is 3.07.